The van der Waals surface area contributed by atoms with Gasteiger partial charge in [-0.25, -0.2) is 8.78 Å². The Morgan fingerprint density at radius 3 is 2.60 bits per heavy atom. The lowest BCUT2D eigenvalue weighted by Gasteiger charge is -2.35. The second-order valence-corrected chi connectivity index (χ2v) is 6.49. The first-order chi connectivity index (χ1) is 9.03. The molecule has 6 heteroatoms. The Kier molecular flexibility index (Phi) is 3.65. The minimum absolute atomic E-state index is 0.116. The predicted octanol–water partition coefficient (Wildman–Crippen LogP) is 3.67. The molecule has 1 aromatic heterocycles. The van der Waals surface area contributed by atoms with Crippen molar-refractivity contribution in [2.24, 2.45) is 11.1 Å². The fraction of sp³-hybridized carbons (Fsp3) is 0.714. The van der Waals surface area contributed by atoms with Crippen LogP contribution in [0, 0.1) is 12.3 Å². The van der Waals surface area contributed by atoms with Crippen LogP contribution in [0.1, 0.15) is 43.3 Å². The summed E-state index contributed by atoms with van der Waals surface area (Å²) in [5, 5.41) is 0. The van der Waals surface area contributed by atoms with Crippen molar-refractivity contribution in [2.75, 3.05) is 0 Å². The van der Waals surface area contributed by atoms with Crippen LogP contribution >= 0.6 is 0 Å². The molecule has 1 heterocycles. The van der Waals surface area contributed by atoms with Crippen LogP contribution in [-0.2, 0) is 13.0 Å². The highest BCUT2D eigenvalue weighted by Gasteiger charge is 2.43. The molecule has 0 fully saturated rings. The van der Waals surface area contributed by atoms with E-state index in [9.17, 15) is 17.6 Å². The molecule has 0 aromatic carbocycles. The van der Waals surface area contributed by atoms with Crippen LogP contribution in [-0.4, -0.2) is 16.9 Å². The van der Waals surface area contributed by atoms with Gasteiger partial charge in [-0.05, 0) is 36.8 Å². The largest absolute Gasteiger partial charge is 0.342 e. The Balaban J connectivity index is 2.42. The van der Waals surface area contributed by atoms with Gasteiger partial charge >= 0.3 is 12.3 Å². The summed E-state index contributed by atoms with van der Waals surface area (Å²) >= 11 is 0. The van der Waals surface area contributed by atoms with Gasteiger partial charge in [-0.1, -0.05) is 13.8 Å². The van der Waals surface area contributed by atoms with Crippen molar-refractivity contribution in [1.82, 2.24) is 4.57 Å². The minimum Gasteiger partial charge on any atom is -0.342 e. The van der Waals surface area contributed by atoms with Gasteiger partial charge in [0.25, 0.3) is 0 Å². The molecular weight excluding hydrogens is 272 g/mol. The summed E-state index contributed by atoms with van der Waals surface area (Å²) in [7, 11) is 0. The van der Waals surface area contributed by atoms with Crippen molar-refractivity contribution in [3.63, 3.8) is 0 Å². The molecule has 0 amide bonds. The topological polar surface area (TPSA) is 30.9 Å². The van der Waals surface area contributed by atoms with Crippen LogP contribution in [0.25, 0.3) is 0 Å². The third kappa shape index (κ3) is 2.71. The van der Waals surface area contributed by atoms with E-state index >= 15 is 0 Å². The van der Waals surface area contributed by atoms with Crippen molar-refractivity contribution in [2.45, 2.75) is 58.5 Å². The van der Waals surface area contributed by atoms with Crippen molar-refractivity contribution in [3.8, 4) is 0 Å². The molecule has 1 aromatic rings. The second kappa shape index (κ2) is 4.76. The van der Waals surface area contributed by atoms with E-state index in [4.69, 9.17) is 5.73 Å². The highest BCUT2D eigenvalue weighted by Crippen LogP contribution is 2.41. The molecule has 0 saturated carbocycles. The Bertz CT molecular complexity index is 506. The van der Waals surface area contributed by atoms with Gasteiger partial charge < -0.3 is 10.3 Å². The minimum atomic E-state index is -4.02. The molecule has 1 aliphatic rings. The summed E-state index contributed by atoms with van der Waals surface area (Å²) in [6.07, 6.45) is -2.33. The van der Waals surface area contributed by atoms with Crippen molar-refractivity contribution in [1.29, 1.82) is 0 Å². The monoisotopic (exact) mass is 292 g/mol. The summed E-state index contributed by atoms with van der Waals surface area (Å²) in [5.41, 5.74) is 8.01. The summed E-state index contributed by atoms with van der Waals surface area (Å²) in [4.78, 5) is 0. The Morgan fingerprint density at radius 1 is 1.45 bits per heavy atom. The van der Waals surface area contributed by atoms with E-state index < -0.39 is 18.9 Å². The van der Waals surface area contributed by atoms with E-state index in [1.54, 1.807) is 13.0 Å². The van der Waals surface area contributed by atoms with E-state index in [-0.39, 0.29) is 11.5 Å². The number of halogens is 4. The van der Waals surface area contributed by atoms with E-state index in [0.29, 0.717) is 17.8 Å². The van der Waals surface area contributed by atoms with Gasteiger partial charge in [0.1, 0.15) is 0 Å². The summed E-state index contributed by atoms with van der Waals surface area (Å²) < 4.78 is 52.8. The van der Waals surface area contributed by atoms with E-state index in [1.807, 2.05) is 13.8 Å². The Hall–Kier alpha value is -1.04. The van der Waals surface area contributed by atoms with E-state index in [2.05, 4.69) is 0 Å². The van der Waals surface area contributed by atoms with Crippen LogP contribution in [0.15, 0.2) is 6.07 Å². The number of hydrogen-bond acceptors (Lipinski definition) is 1. The molecule has 0 saturated heterocycles. The lowest BCUT2D eigenvalue weighted by Crippen LogP contribution is -2.35. The number of alkyl halides is 4. The normalized spacial score (nSPS) is 22.1. The van der Waals surface area contributed by atoms with Gasteiger partial charge in [-0.2, -0.15) is 8.78 Å². The average Bonchev–Trinajstić information content (AvgIpc) is 2.55. The molecule has 0 aliphatic heterocycles. The standard InChI is InChI=1S/C14H20F4N2/c1-8-4-9-10(19)5-13(2,3)6-11(9)20(8)7-14(17,18)12(15)16/h4,10,12H,5-7,19H2,1-3H3. The van der Waals surface area contributed by atoms with Crippen LogP contribution in [0.2, 0.25) is 0 Å². The fourth-order valence-electron chi connectivity index (χ4n) is 3.00. The molecule has 2 rings (SSSR count). The summed E-state index contributed by atoms with van der Waals surface area (Å²) in [5.74, 6) is -4.02. The molecule has 20 heavy (non-hydrogen) atoms. The molecule has 2 nitrogen and oxygen atoms in total. The zero-order valence-corrected chi connectivity index (χ0v) is 11.9. The number of aryl methyl sites for hydroxylation is 1. The van der Waals surface area contributed by atoms with Crippen LogP contribution in [0.4, 0.5) is 17.6 Å². The van der Waals surface area contributed by atoms with Gasteiger partial charge in [-0.3, -0.25) is 0 Å². The number of nitrogens with two attached hydrogens (primary N) is 1. The molecule has 114 valence electrons. The molecule has 1 unspecified atom stereocenters. The molecule has 1 atom stereocenters. The number of aromatic nitrogens is 1. The third-order valence-corrected chi connectivity index (χ3v) is 3.96. The lowest BCUT2D eigenvalue weighted by atomic mass is 9.74. The average molecular weight is 292 g/mol. The fourth-order valence-corrected chi connectivity index (χ4v) is 3.00. The number of hydrogen-bond donors (Lipinski definition) is 1. The maximum atomic E-state index is 13.3. The highest BCUT2D eigenvalue weighted by molar-refractivity contribution is 5.34. The molecule has 0 bridgehead atoms. The first-order valence-corrected chi connectivity index (χ1v) is 6.64. The van der Waals surface area contributed by atoms with Crippen molar-refractivity contribution >= 4 is 0 Å². The maximum Gasteiger partial charge on any atom is 0.324 e. The predicted molar refractivity (Wildman–Crippen MR) is 69.2 cm³/mol. The maximum absolute atomic E-state index is 13.3. The number of rotatable bonds is 3. The van der Waals surface area contributed by atoms with Crippen LogP contribution in [0.5, 0.6) is 0 Å². The van der Waals surface area contributed by atoms with Gasteiger partial charge in [0.15, 0.2) is 0 Å². The van der Waals surface area contributed by atoms with E-state index in [1.165, 1.54) is 4.57 Å². The zero-order chi connectivity index (χ0) is 15.3. The summed E-state index contributed by atoms with van der Waals surface area (Å²) in [6, 6.07) is 1.52. The molecule has 1 aliphatic carbocycles. The van der Waals surface area contributed by atoms with Crippen molar-refractivity contribution < 1.29 is 17.6 Å². The summed E-state index contributed by atoms with van der Waals surface area (Å²) in [6.45, 7) is 4.68. The van der Waals surface area contributed by atoms with Crippen molar-refractivity contribution in [3.05, 3.63) is 23.0 Å². The van der Waals surface area contributed by atoms with Crippen LogP contribution < -0.4 is 5.73 Å². The Morgan fingerprint density at radius 2 is 2.05 bits per heavy atom. The first-order valence-electron chi connectivity index (χ1n) is 6.64. The SMILES string of the molecule is Cc1cc2c(n1CC(F)(F)C(F)F)CC(C)(C)CC2N. The van der Waals surface area contributed by atoms with Gasteiger partial charge in [0.05, 0.1) is 6.54 Å². The van der Waals surface area contributed by atoms with Gasteiger partial charge in [-0.15, -0.1) is 0 Å². The first kappa shape index (κ1) is 15.4. The molecular formula is C14H20F4N2. The second-order valence-electron chi connectivity index (χ2n) is 6.49. The molecule has 0 radical (unpaired) electrons. The highest BCUT2D eigenvalue weighted by atomic mass is 19.3. The smallest absolute Gasteiger partial charge is 0.324 e. The van der Waals surface area contributed by atoms with Gasteiger partial charge in [0.2, 0.25) is 0 Å². The zero-order valence-electron chi connectivity index (χ0n) is 11.9. The Labute approximate surface area is 115 Å². The number of fused-ring (bicyclic) bond motifs is 1. The quantitative estimate of drug-likeness (QED) is 0.847. The number of nitrogens with zero attached hydrogens (tertiary/aromatic N) is 1. The third-order valence-electron chi connectivity index (χ3n) is 3.96. The van der Waals surface area contributed by atoms with Crippen LogP contribution in [0.3, 0.4) is 0 Å². The molecule has 2 N–H and O–H groups in total. The molecule has 0 spiro atoms. The van der Waals surface area contributed by atoms with Gasteiger partial charge in [0, 0.05) is 17.4 Å². The lowest BCUT2D eigenvalue weighted by molar-refractivity contribution is -0.138. The van der Waals surface area contributed by atoms with E-state index in [0.717, 1.165) is 12.0 Å².